The van der Waals surface area contributed by atoms with Crippen LogP contribution in [0.25, 0.3) is 0 Å². The largest absolute Gasteiger partial charge is 0.396 e. The Labute approximate surface area is 118 Å². The van der Waals surface area contributed by atoms with Gasteiger partial charge in [0.2, 0.25) is 0 Å². The first-order valence-corrected chi connectivity index (χ1v) is 8.20. The zero-order valence-electron chi connectivity index (χ0n) is 12.8. The van der Waals surface area contributed by atoms with Gasteiger partial charge in [-0.1, -0.05) is 20.3 Å². The summed E-state index contributed by atoms with van der Waals surface area (Å²) >= 11 is 0. The maximum atomic E-state index is 8.97. The van der Waals surface area contributed by atoms with Crippen LogP contribution in [0.3, 0.4) is 0 Å². The van der Waals surface area contributed by atoms with E-state index in [1.807, 2.05) is 0 Å². The lowest BCUT2D eigenvalue weighted by Gasteiger charge is -2.31. The summed E-state index contributed by atoms with van der Waals surface area (Å²) < 4.78 is 0. The molecule has 3 unspecified atom stereocenters. The van der Waals surface area contributed by atoms with Crippen LogP contribution in [0.4, 0.5) is 0 Å². The molecule has 1 aliphatic carbocycles. The van der Waals surface area contributed by atoms with Crippen molar-refractivity contribution in [3.8, 4) is 0 Å². The molecule has 0 aromatic carbocycles. The Morgan fingerprint density at radius 1 is 1.21 bits per heavy atom. The third-order valence-corrected chi connectivity index (χ3v) is 5.04. The fraction of sp³-hybridized carbons (Fsp3) is 1.00. The van der Waals surface area contributed by atoms with Crippen molar-refractivity contribution in [1.29, 1.82) is 0 Å². The SMILES string of the molecule is CC(C)(CCCO)CNC1CCCC1C1CCCN1. The Bertz CT molecular complexity index is 261. The summed E-state index contributed by atoms with van der Waals surface area (Å²) in [7, 11) is 0. The highest BCUT2D eigenvalue weighted by molar-refractivity contribution is 4.93. The highest BCUT2D eigenvalue weighted by atomic mass is 16.2. The van der Waals surface area contributed by atoms with Crippen LogP contribution in [0.2, 0.25) is 0 Å². The standard InChI is InChI=1S/C16H32N2O/c1-16(2,9-5-11-19)12-18-15-7-3-6-13(15)14-8-4-10-17-14/h13-15,17-19H,3-12H2,1-2H3. The van der Waals surface area contributed by atoms with Crippen LogP contribution in [0.5, 0.6) is 0 Å². The Morgan fingerprint density at radius 2 is 2.05 bits per heavy atom. The maximum absolute atomic E-state index is 8.97. The lowest BCUT2D eigenvalue weighted by atomic mass is 9.86. The second-order valence-electron chi connectivity index (χ2n) is 7.28. The van der Waals surface area contributed by atoms with E-state index in [0.29, 0.717) is 18.1 Å². The summed E-state index contributed by atoms with van der Waals surface area (Å²) in [5, 5.41) is 16.5. The van der Waals surface area contributed by atoms with Gasteiger partial charge in [-0.15, -0.1) is 0 Å². The maximum Gasteiger partial charge on any atom is 0.0431 e. The molecule has 0 bridgehead atoms. The van der Waals surface area contributed by atoms with E-state index < -0.39 is 0 Å². The van der Waals surface area contributed by atoms with Crippen molar-refractivity contribution in [1.82, 2.24) is 10.6 Å². The number of aliphatic hydroxyl groups is 1. The summed E-state index contributed by atoms with van der Waals surface area (Å²) in [5.74, 6) is 0.844. The van der Waals surface area contributed by atoms with Gasteiger partial charge in [0, 0.05) is 25.2 Å². The number of hydrogen-bond acceptors (Lipinski definition) is 3. The minimum atomic E-state index is 0.305. The molecule has 0 radical (unpaired) electrons. The number of hydrogen-bond donors (Lipinski definition) is 3. The lowest BCUT2D eigenvalue weighted by Crippen LogP contribution is -2.45. The molecular weight excluding hydrogens is 236 g/mol. The van der Waals surface area contributed by atoms with Crippen molar-refractivity contribution in [2.45, 2.75) is 70.9 Å². The van der Waals surface area contributed by atoms with Gasteiger partial charge >= 0.3 is 0 Å². The van der Waals surface area contributed by atoms with Gasteiger partial charge in [-0.25, -0.2) is 0 Å². The number of rotatable bonds is 7. The third kappa shape index (κ3) is 4.44. The van der Waals surface area contributed by atoms with Gasteiger partial charge in [0.25, 0.3) is 0 Å². The van der Waals surface area contributed by atoms with E-state index in [2.05, 4.69) is 24.5 Å². The van der Waals surface area contributed by atoms with E-state index in [-0.39, 0.29) is 0 Å². The third-order valence-electron chi connectivity index (χ3n) is 5.04. The molecule has 3 N–H and O–H groups in total. The quantitative estimate of drug-likeness (QED) is 0.664. The summed E-state index contributed by atoms with van der Waals surface area (Å²) in [6, 6.07) is 1.48. The van der Waals surface area contributed by atoms with E-state index in [1.54, 1.807) is 0 Å². The van der Waals surface area contributed by atoms with Crippen molar-refractivity contribution < 1.29 is 5.11 Å². The Hall–Kier alpha value is -0.120. The van der Waals surface area contributed by atoms with Crippen LogP contribution in [0.15, 0.2) is 0 Å². The molecule has 2 fully saturated rings. The average molecular weight is 268 g/mol. The van der Waals surface area contributed by atoms with E-state index in [9.17, 15) is 0 Å². The van der Waals surface area contributed by atoms with Crippen molar-refractivity contribution in [3.63, 3.8) is 0 Å². The van der Waals surface area contributed by atoms with Crippen LogP contribution in [-0.4, -0.2) is 36.9 Å². The van der Waals surface area contributed by atoms with Gasteiger partial charge in [0.15, 0.2) is 0 Å². The molecule has 1 saturated carbocycles. The highest BCUT2D eigenvalue weighted by Crippen LogP contribution is 2.32. The summed E-state index contributed by atoms with van der Waals surface area (Å²) in [5.41, 5.74) is 0.305. The molecule has 3 nitrogen and oxygen atoms in total. The summed E-state index contributed by atoms with van der Waals surface area (Å²) in [6.07, 6.45) is 8.89. The first-order chi connectivity index (χ1) is 9.12. The first-order valence-electron chi connectivity index (χ1n) is 8.20. The molecule has 2 aliphatic rings. The van der Waals surface area contributed by atoms with Crippen molar-refractivity contribution in [2.24, 2.45) is 11.3 Å². The van der Waals surface area contributed by atoms with Gasteiger partial charge in [-0.05, 0) is 56.4 Å². The molecule has 3 atom stereocenters. The monoisotopic (exact) mass is 268 g/mol. The van der Waals surface area contributed by atoms with Crippen LogP contribution in [0, 0.1) is 11.3 Å². The van der Waals surface area contributed by atoms with Gasteiger partial charge in [-0.2, -0.15) is 0 Å². The van der Waals surface area contributed by atoms with Crippen LogP contribution < -0.4 is 10.6 Å². The summed E-state index contributed by atoms with van der Waals surface area (Å²) in [4.78, 5) is 0. The fourth-order valence-electron chi connectivity index (χ4n) is 3.85. The van der Waals surface area contributed by atoms with E-state index in [0.717, 1.165) is 31.3 Å². The predicted molar refractivity (Wildman–Crippen MR) is 80.3 cm³/mol. The smallest absolute Gasteiger partial charge is 0.0431 e. The molecule has 112 valence electrons. The second-order valence-corrected chi connectivity index (χ2v) is 7.28. The zero-order valence-corrected chi connectivity index (χ0v) is 12.8. The van der Waals surface area contributed by atoms with Crippen LogP contribution in [-0.2, 0) is 0 Å². The molecule has 0 aromatic heterocycles. The highest BCUT2D eigenvalue weighted by Gasteiger charge is 2.35. The van der Waals surface area contributed by atoms with E-state index >= 15 is 0 Å². The molecule has 19 heavy (non-hydrogen) atoms. The van der Waals surface area contributed by atoms with Gasteiger partial charge in [0.05, 0.1) is 0 Å². The molecule has 0 amide bonds. The predicted octanol–water partition coefficient (Wildman–Crippen LogP) is 2.30. The molecule has 1 heterocycles. The molecular formula is C16H32N2O. The van der Waals surface area contributed by atoms with Crippen molar-refractivity contribution >= 4 is 0 Å². The minimum absolute atomic E-state index is 0.305. The molecule has 1 aliphatic heterocycles. The molecule has 3 heteroatoms. The lowest BCUT2D eigenvalue weighted by molar-refractivity contribution is 0.221. The fourth-order valence-corrected chi connectivity index (χ4v) is 3.85. The topological polar surface area (TPSA) is 44.3 Å². The molecule has 1 saturated heterocycles. The number of aliphatic hydroxyl groups excluding tert-OH is 1. The first kappa shape index (κ1) is 15.3. The van der Waals surface area contributed by atoms with Crippen molar-refractivity contribution in [3.05, 3.63) is 0 Å². The number of nitrogens with one attached hydrogen (secondary N) is 2. The Balaban J connectivity index is 1.77. The van der Waals surface area contributed by atoms with Gasteiger partial charge < -0.3 is 15.7 Å². The minimum Gasteiger partial charge on any atom is -0.396 e. The van der Waals surface area contributed by atoms with Crippen LogP contribution in [0.1, 0.15) is 58.8 Å². The average Bonchev–Trinajstić information content (AvgIpc) is 3.04. The molecule has 0 spiro atoms. The van der Waals surface area contributed by atoms with Crippen LogP contribution >= 0.6 is 0 Å². The van der Waals surface area contributed by atoms with Gasteiger partial charge in [-0.3, -0.25) is 0 Å². The zero-order chi connectivity index (χ0) is 13.7. The molecule has 0 aromatic rings. The van der Waals surface area contributed by atoms with E-state index in [4.69, 9.17) is 5.11 Å². The Morgan fingerprint density at radius 3 is 2.74 bits per heavy atom. The molecule has 2 rings (SSSR count). The van der Waals surface area contributed by atoms with E-state index in [1.165, 1.54) is 38.6 Å². The Kier molecular flexibility index (Phi) is 5.67. The second kappa shape index (κ2) is 7.05. The van der Waals surface area contributed by atoms with Crippen molar-refractivity contribution in [2.75, 3.05) is 19.7 Å². The normalized spacial score (nSPS) is 32.1. The van der Waals surface area contributed by atoms with Gasteiger partial charge in [0.1, 0.15) is 0 Å². The summed E-state index contributed by atoms with van der Waals surface area (Å²) in [6.45, 7) is 7.25.